The fraction of sp³-hybridized carbons (Fsp3) is 0.889. The lowest BCUT2D eigenvalue weighted by molar-refractivity contribution is -0.142. The van der Waals surface area contributed by atoms with Crippen LogP contribution in [0.5, 0.6) is 0 Å². The second-order valence-corrected chi connectivity index (χ2v) is 10.2. The lowest BCUT2D eigenvalue weighted by Gasteiger charge is -2.19. The number of hydrogen-bond donors (Lipinski definition) is 2. The van der Waals surface area contributed by atoms with E-state index in [0.29, 0.717) is 6.42 Å². The van der Waals surface area contributed by atoms with Crippen LogP contribution in [0.2, 0.25) is 0 Å². The molecule has 1 amide bonds. The van der Waals surface area contributed by atoms with E-state index in [0.717, 1.165) is 32.5 Å². The summed E-state index contributed by atoms with van der Waals surface area (Å²) >= 11 is 0. The summed E-state index contributed by atoms with van der Waals surface area (Å²) in [5, 5.41) is 11.9. The van der Waals surface area contributed by atoms with Gasteiger partial charge < -0.3 is 15.2 Å². The molecule has 6 heteroatoms. The second kappa shape index (κ2) is 20.0. The molecule has 0 spiro atoms. The third-order valence-corrected chi connectivity index (χ3v) is 6.03. The zero-order valence-corrected chi connectivity index (χ0v) is 21.9. The van der Waals surface area contributed by atoms with Crippen LogP contribution in [0, 0.1) is 5.41 Å². The van der Waals surface area contributed by atoms with Crippen LogP contribution in [0.15, 0.2) is 0 Å². The predicted molar refractivity (Wildman–Crippen MR) is 134 cm³/mol. The lowest BCUT2D eigenvalue weighted by atomic mass is 9.87. The molecule has 0 aliphatic heterocycles. The number of nitrogens with one attached hydrogen (secondary N) is 1. The Morgan fingerprint density at radius 2 is 1.21 bits per heavy atom. The maximum atomic E-state index is 12.1. The first kappa shape index (κ1) is 31.6. The number of amides is 1. The molecule has 194 valence electrons. The molecular formula is C27H51NO5. The van der Waals surface area contributed by atoms with Crippen molar-refractivity contribution in [2.24, 2.45) is 5.41 Å². The molecule has 0 aromatic rings. The van der Waals surface area contributed by atoms with E-state index in [1.54, 1.807) is 0 Å². The number of hydrogen-bond acceptors (Lipinski definition) is 4. The molecule has 0 fully saturated rings. The van der Waals surface area contributed by atoms with Gasteiger partial charge in [-0.1, -0.05) is 91.4 Å². The number of carboxylic acid groups (broad SMARTS) is 1. The summed E-state index contributed by atoms with van der Waals surface area (Å²) < 4.78 is 5.35. The van der Waals surface area contributed by atoms with Crippen molar-refractivity contribution in [3.8, 4) is 0 Å². The Morgan fingerprint density at radius 1 is 0.758 bits per heavy atom. The molecule has 0 unspecified atom stereocenters. The Morgan fingerprint density at radius 3 is 1.64 bits per heavy atom. The number of ketones is 1. The van der Waals surface area contributed by atoms with Crippen LogP contribution in [0.1, 0.15) is 130 Å². The molecule has 0 aromatic heterocycles. The van der Waals surface area contributed by atoms with Gasteiger partial charge in [0.15, 0.2) is 0 Å². The number of unbranched alkanes of at least 4 members (excludes halogenated alkanes) is 12. The number of aliphatic carboxylic acids is 1. The number of carboxylic acids is 1. The highest BCUT2D eigenvalue weighted by Gasteiger charge is 2.25. The summed E-state index contributed by atoms with van der Waals surface area (Å²) in [4.78, 5) is 35.5. The van der Waals surface area contributed by atoms with Crippen LogP contribution in [-0.4, -0.2) is 42.0 Å². The molecular weight excluding hydrogens is 418 g/mol. The smallest absolute Gasteiger partial charge is 0.326 e. The van der Waals surface area contributed by atoms with E-state index in [9.17, 15) is 19.5 Å². The minimum atomic E-state index is -1.08. The summed E-state index contributed by atoms with van der Waals surface area (Å²) in [5.41, 5.74) is -0.489. The van der Waals surface area contributed by atoms with Gasteiger partial charge in [0, 0.05) is 31.5 Å². The molecule has 0 aliphatic rings. The third-order valence-electron chi connectivity index (χ3n) is 6.03. The summed E-state index contributed by atoms with van der Waals surface area (Å²) in [6, 6.07) is -0.987. The number of carbonyl (C=O) groups excluding carboxylic acids is 2. The Labute approximate surface area is 202 Å². The normalized spacial score (nSPS) is 12.5. The summed E-state index contributed by atoms with van der Waals surface area (Å²) in [5.74, 6) is -1.30. The van der Waals surface area contributed by atoms with Crippen LogP contribution in [0.4, 0.5) is 0 Å². The van der Waals surface area contributed by atoms with Crippen LogP contribution < -0.4 is 5.32 Å². The summed E-state index contributed by atoms with van der Waals surface area (Å²) in [7, 11) is 0. The molecule has 6 nitrogen and oxygen atoms in total. The first-order valence-electron chi connectivity index (χ1n) is 13.3. The molecule has 0 saturated heterocycles. The van der Waals surface area contributed by atoms with Crippen LogP contribution in [-0.2, 0) is 19.1 Å². The lowest BCUT2D eigenvalue weighted by Crippen LogP contribution is -2.41. The minimum absolute atomic E-state index is 0.0105. The van der Waals surface area contributed by atoms with Crippen molar-refractivity contribution in [2.45, 2.75) is 136 Å². The molecule has 33 heavy (non-hydrogen) atoms. The summed E-state index contributed by atoms with van der Waals surface area (Å²) in [6.07, 6.45) is 16.4. The van der Waals surface area contributed by atoms with E-state index in [4.69, 9.17) is 4.74 Å². The van der Waals surface area contributed by atoms with E-state index in [1.807, 2.05) is 27.7 Å². The highest BCUT2D eigenvalue weighted by molar-refractivity contribution is 5.86. The fourth-order valence-corrected chi connectivity index (χ4v) is 3.75. The number of Topliss-reactive ketones (excluding diaryl/α,β-unsaturated/α-hetero) is 1. The monoisotopic (exact) mass is 469 g/mol. The highest BCUT2D eigenvalue weighted by Crippen LogP contribution is 2.18. The van der Waals surface area contributed by atoms with E-state index < -0.39 is 17.4 Å². The molecule has 0 aliphatic carbocycles. The van der Waals surface area contributed by atoms with Crippen LogP contribution in [0.25, 0.3) is 0 Å². The highest BCUT2D eigenvalue weighted by atomic mass is 16.5. The Hall–Kier alpha value is -1.43. The first-order valence-corrected chi connectivity index (χ1v) is 13.3. The van der Waals surface area contributed by atoms with Crippen molar-refractivity contribution in [1.82, 2.24) is 5.32 Å². The number of ether oxygens (including phenoxy) is 1. The number of carbonyl (C=O) groups is 3. The quantitative estimate of drug-likeness (QED) is 0.178. The largest absolute Gasteiger partial charge is 0.480 e. The van der Waals surface area contributed by atoms with E-state index in [1.165, 1.54) is 64.2 Å². The fourth-order valence-electron chi connectivity index (χ4n) is 3.75. The van der Waals surface area contributed by atoms with Gasteiger partial charge in [-0.05, 0) is 26.2 Å². The summed E-state index contributed by atoms with van der Waals surface area (Å²) in [6.45, 7) is 9.22. The van der Waals surface area contributed by atoms with Gasteiger partial charge in [0.1, 0.15) is 11.8 Å². The van der Waals surface area contributed by atoms with Gasteiger partial charge in [0.25, 0.3) is 0 Å². The van der Waals surface area contributed by atoms with E-state index in [-0.39, 0.29) is 24.5 Å². The van der Waals surface area contributed by atoms with Crippen molar-refractivity contribution in [3.63, 3.8) is 0 Å². The Bertz CT molecular complexity index is 527. The van der Waals surface area contributed by atoms with Crippen molar-refractivity contribution >= 4 is 17.7 Å². The zero-order chi connectivity index (χ0) is 25.0. The van der Waals surface area contributed by atoms with Crippen molar-refractivity contribution < 1.29 is 24.2 Å². The van der Waals surface area contributed by atoms with Crippen molar-refractivity contribution in [2.75, 3.05) is 13.2 Å². The van der Waals surface area contributed by atoms with Crippen molar-refractivity contribution in [1.29, 1.82) is 0 Å². The average molecular weight is 470 g/mol. The Kier molecular flexibility index (Phi) is 19.1. The molecule has 0 bridgehead atoms. The maximum Gasteiger partial charge on any atom is 0.326 e. The second-order valence-electron chi connectivity index (χ2n) is 10.2. The molecule has 0 radical (unpaired) electrons. The van der Waals surface area contributed by atoms with Gasteiger partial charge in [-0.3, -0.25) is 9.59 Å². The van der Waals surface area contributed by atoms with Crippen molar-refractivity contribution in [3.05, 3.63) is 0 Å². The predicted octanol–water partition coefficient (Wildman–Crippen LogP) is 6.45. The molecule has 0 aromatic carbocycles. The molecule has 0 saturated carbocycles. The van der Waals surface area contributed by atoms with Gasteiger partial charge in [-0.15, -0.1) is 0 Å². The Balaban J connectivity index is 3.62. The molecule has 0 heterocycles. The molecule has 0 rings (SSSR count). The molecule has 2 N–H and O–H groups in total. The standard InChI is InChI=1S/C27H51NO5/c1-5-33-22-18-16-14-12-10-8-6-7-9-11-13-15-17-19-25(30)28-23(26(31)32)20-21-24(29)27(2,3)4/h23H,5-22H2,1-4H3,(H,28,30)(H,31,32)/t23-/m0/s1. The zero-order valence-electron chi connectivity index (χ0n) is 21.9. The van der Waals surface area contributed by atoms with Gasteiger partial charge in [-0.25, -0.2) is 4.79 Å². The minimum Gasteiger partial charge on any atom is -0.480 e. The van der Waals surface area contributed by atoms with Gasteiger partial charge in [0.05, 0.1) is 0 Å². The average Bonchev–Trinajstić information content (AvgIpc) is 2.75. The van der Waals surface area contributed by atoms with E-state index in [2.05, 4.69) is 5.32 Å². The van der Waals surface area contributed by atoms with Gasteiger partial charge >= 0.3 is 5.97 Å². The van der Waals surface area contributed by atoms with Crippen LogP contribution in [0.3, 0.4) is 0 Å². The van der Waals surface area contributed by atoms with Gasteiger partial charge in [0.2, 0.25) is 5.91 Å². The SMILES string of the molecule is CCOCCCCCCCCCCCCCCCC(=O)N[C@@H](CCC(=O)C(C)(C)C)C(=O)O. The topological polar surface area (TPSA) is 92.7 Å². The molecule has 1 atom stereocenters. The van der Waals surface area contributed by atoms with Crippen LogP contribution >= 0.6 is 0 Å². The van der Waals surface area contributed by atoms with Gasteiger partial charge in [-0.2, -0.15) is 0 Å². The number of rotatable bonds is 22. The maximum absolute atomic E-state index is 12.1. The third kappa shape index (κ3) is 19.7. The van der Waals surface area contributed by atoms with E-state index >= 15 is 0 Å². The first-order chi connectivity index (χ1) is 15.7.